The van der Waals surface area contributed by atoms with Crippen LogP contribution in [0.15, 0.2) is 41.4 Å². The van der Waals surface area contributed by atoms with Crippen LogP contribution in [-0.4, -0.2) is 63.2 Å². The minimum atomic E-state index is -0.633. The summed E-state index contributed by atoms with van der Waals surface area (Å²) in [5, 5.41) is 1.32. The second kappa shape index (κ2) is 7.25. The van der Waals surface area contributed by atoms with E-state index < -0.39 is 6.04 Å². The van der Waals surface area contributed by atoms with Gasteiger partial charge in [0.15, 0.2) is 0 Å². The second-order valence-corrected chi connectivity index (χ2v) is 7.71. The van der Waals surface area contributed by atoms with Crippen molar-refractivity contribution in [3.8, 4) is 0 Å². The molecule has 2 heterocycles. The smallest absolute Gasteiger partial charge is 0.269 e. The Morgan fingerprint density at radius 2 is 2.00 bits per heavy atom. The zero-order valence-corrected chi connectivity index (χ0v) is 16.5. The lowest BCUT2D eigenvalue weighted by atomic mass is 10.1. The van der Waals surface area contributed by atoms with Crippen molar-refractivity contribution >= 4 is 46.3 Å². The van der Waals surface area contributed by atoms with Crippen LogP contribution in [0, 0.1) is 0 Å². The highest BCUT2D eigenvalue weighted by Gasteiger charge is 2.53. The predicted octanol–water partition coefficient (Wildman–Crippen LogP) is 2.82. The Morgan fingerprint density at radius 3 is 2.65 bits per heavy atom. The first-order chi connectivity index (χ1) is 12.3. The number of carbonyl (C=O) groups excluding carboxylic acids is 2. The number of fused-ring (bicyclic) bond motifs is 1. The lowest BCUT2D eigenvalue weighted by Crippen LogP contribution is -2.61. The number of amidine groups is 2. The van der Waals surface area contributed by atoms with Gasteiger partial charge in [0.25, 0.3) is 17.8 Å². The average molecular weight is 392 g/mol. The van der Waals surface area contributed by atoms with Crippen LogP contribution in [0.4, 0.5) is 4.79 Å². The van der Waals surface area contributed by atoms with Crippen LogP contribution < -0.4 is 0 Å². The number of thioether (sulfide) groups is 1. The summed E-state index contributed by atoms with van der Waals surface area (Å²) < 4.78 is 1.91. The number of hydrogen-bond donors (Lipinski definition) is 0. The number of urea groups is 1. The number of hydrogen-bond acceptors (Lipinski definition) is 4. The van der Waals surface area contributed by atoms with Crippen molar-refractivity contribution in [2.24, 2.45) is 4.99 Å². The number of likely N-dealkylation sites (N-methyl/N-ethyl adjacent to an activating group) is 2. The molecule has 0 N–H and O–H groups in total. The molecule has 6 nitrogen and oxygen atoms in total. The van der Waals surface area contributed by atoms with Gasteiger partial charge in [-0.25, -0.2) is 9.37 Å². The molecule has 1 unspecified atom stereocenters. The Balaban J connectivity index is 2.02. The van der Waals surface area contributed by atoms with Gasteiger partial charge in [-0.15, -0.1) is 0 Å². The van der Waals surface area contributed by atoms with Crippen molar-refractivity contribution in [3.05, 3.63) is 47.0 Å². The van der Waals surface area contributed by atoms with Crippen LogP contribution in [0.5, 0.6) is 0 Å². The quantitative estimate of drug-likeness (QED) is 0.585. The minimum Gasteiger partial charge on any atom is -0.269 e. The lowest BCUT2D eigenvalue weighted by molar-refractivity contribution is -0.548. The fourth-order valence-electron chi connectivity index (χ4n) is 2.85. The van der Waals surface area contributed by atoms with Crippen molar-refractivity contribution in [1.29, 1.82) is 0 Å². The first kappa shape index (κ1) is 18.7. The van der Waals surface area contributed by atoms with E-state index in [1.54, 1.807) is 7.05 Å². The van der Waals surface area contributed by atoms with Gasteiger partial charge >= 0.3 is 11.2 Å². The zero-order valence-electron chi connectivity index (χ0n) is 14.9. The van der Waals surface area contributed by atoms with E-state index in [-0.39, 0.29) is 11.9 Å². The summed E-state index contributed by atoms with van der Waals surface area (Å²) in [6.45, 7) is 6.29. The molecule has 2 aliphatic rings. The third-order valence-electron chi connectivity index (χ3n) is 4.24. The highest BCUT2D eigenvalue weighted by atomic mass is 35.5. The molecule has 0 radical (unpaired) electrons. The van der Waals surface area contributed by atoms with E-state index in [1.807, 2.05) is 35.8 Å². The van der Waals surface area contributed by atoms with Crippen molar-refractivity contribution in [3.63, 3.8) is 0 Å². The van der Waals surface area contributed by atoms with Gasteiger partial charge in [0.2, 0.25) is 0 Å². The molecule has 1 aromatic rings. The van der Waals surface area contributed by atoms with Crippen LogP contribution in [-0.2, 0) is 11.3 Å². The maximum absolute atomic E-state index is 12.8. The SMILES string of the molecule is C=C(C)CSC1=[N+](Cc2ccccc2Cl)C2C(=O)N(C)C(=O)N(C)C2=N1. The van der Waals surface area contributed by atoms with E-state index in [2.05, 4.69) is 11.6 Å². The number of benzene rings is 1. The zero-order chi connectivity index (χ0) is 19.0. The van der Waals surface area contributed by atoms with Crippen LogP contribution in [0.2, 0.25) is 5.02 Å². The van der Waals surface area contributed by atoms with Gasteiger partial charge in [-0.3, -0.25) is 14.6 Å². The van der Waals surface area contributed by atoms with Crippen LogP contribution in [0.25, 0.3) is 0 Å². The molecule has 0 bridgehead atoms. The predicted molar refractivity (Wildman–Crippen MR) is 105 cm³/mol. The fourth-order valence-corrected chi connectivity index (χ4v) is 3.91. The number of carbonyl (C=O) groups is 2. The highest BCUT2D eigenvalue weighted by molar-refractivity contribution is 8.13. The number of rotatable bonds is 4. The van der Waals surface area contributed by atoms with Crippen molar-refractivity contribution in [2.45, 2.75) is 19.5 Å². The van der Waals surface area contributed by atoms with Crippen molar-refractivity contribution in [1.82, 2.24) is 9.80 Å². The molecule has 26 heavy (non-hydrogen) atoms. The fraction of sp³-hybridized carbons (Fsp3) is 0.333. The standard InChI is InChI=1S/C18H20ClN4O2S/c1-11(2)10-26-17-20-15-14(16(24)22(4)18(25)21(15)3)23(17)9-12-7-5-6-8-13(12)19/h5-8,14H,1,9-10H2,2-4H3/q+1. The largest absolute Gasteiger partial charge is 0.358 e. The second-order valence-electron chi connectivity index (χ2n) is 6.36. The molecular weight excluding hydrogens is 372 g/mol. The summed E-state index contributed by atoms with van der Waals surface area (Å²) in [4.78, 5) is 32.2. The molecule has 0 aliphatic carbocycles. The van der Waals surface area contributed by atoms with Crippen LogP contribution >= 0.6 is 23.4 Å². The van der Waals surface area contributed by atoms with Gasteiger partial charge in [0, 0.05) is 30.4 Å². The molecule has 0 spiro atoms. The first-order valence-corrected chi connectivity index (χ1v) is 9.45. The summed E-state index contributed by atoms with van der Waals surface area (Å²) in [7, 11) is 3.13. The molecule has 1 fully saturated rings. The van der Waals surface area contributed by atoms with Gasteiger partial charge in [0.1, 0.15) is 6.54 Å². The molecule has 3 amide bonds. The molecule has 1 saturated heterocycles. The van der Waals surface area contributed by atoms with Gasteiger partial charge in [-0.1, -0.05) is 42.0 Å². The number of imide groups is 1. The summed E-state index contributed by atoms with van der Waals surface area (Å²) in [5.41, 5.74) is 1.90. The van der Waals surface area contributed by atoms with E-state index in [9.17, 15) is 9.59 Å². The third kappa shape index (κ3) is 3.29. The van der Waals surface area contributed by atoms with Crippen molar-refractivity contribution < 1.29 is 14.2 Å². The number of amides is 3. The molecule has 8 heteroatoms. The summed E-state index contributed by atoms with van der Waals surface area (Å²) in [6, 6.07) is 6.50. The summed E-state index contributed by atoms with van der Waals surface area (Å²) in [5.74, 6) is 0.846. The van der Waals surface area contributed by atoms with E-state index >= 15 is 0 Å². The van der Waals surface area contributed by atoms with E-state index in [1.165, 1.54) is 23.7 Å². The maximum Gasteiger partial charge on any atom is 0.358 e. The number of aliphatic imine (C=N–C) groups is 1. The molecule has 2 aliphatic heterocycles. The highest BCUT2D eigenvalue weighted by Crippen LogP contribution is 2.26. The topological polar surface area (TPSA) is 56.0 Å². The van der Waals surface area contributed by atoms with Gasteiger partial charge in [-0.2, -0.15) is 0 Å². The average Bonchev–Trinajstić information content (AvgIpc) is 2.97. The normalized spacial score (nSPS) is 19.8. The number of nitrogens with zero attached hydrogens (tertiary/aromatic N) is 4. The van der Waals surface area contributed by atoms with Crippen LogP contribution in [0.3, 0.4) is 0 Å². The monoisotopic (exact) mass is 391 g/mol. The Morgan fingerprint density at radius 1 is 1.31 bits per heavy atom. The molecule has 0 saturated carbocycles. The van der Waals surface area contributed by atoms with Gasteiger partial charge in [0.05, 0.1) is 0 Å². The van der Waals surface area contributed by atoms with Gasteiger partial charge in [-0.05, 0) is 29.7 Å². The molecular formula is C18H20ClN4O2S+. The Bertz CT molecular complexity index is 865. The first-order valence-electron chi connectivity index (χ1n) is 8.09. The van der Waals surface area contributed by atoms with E-state index in [0.717, 1.165) is 16.0 Å². The van der Waals surface area contributed by atoms with Gasteiger partial charge < -0.3 is 0 Å². The lowest BCUT2D eigenvalue weighted by Gasteiger charge is -2.30. The van der Waals surface area contributed by atoms with E-state index in [0.29, 0.717) is 28.3 Å². The minimum absolute atomic E-state index is 0.287. The molecule has 3 rings (SSSR count). The summed E-state index contributed by atoms with van der Waals surface area (Å²) in [6.07, 6.45) is 0. The molecule has 1 aromatic carbocycles. The molecule has 136 valence electrons. The third-order valence-corrected chi connectivity index (χ3v) is 5.83. The Labute approximate surface area is 161 Å². The molecule has 1 atom stereocenters. The number of halogens is 1. The van der Waals surface area contributed by atoms with E-state index in [4.69, 9.17) is 11.6 Å². The maximum atomic E-state index is 12.8. The van der Waals surface area contributed by atoms with Crippen molar-refractivity contribution in [2.75, 3.05) is 19.8 Å². The molecule has 0 aromatic heterocycles. The Hall–Kier alpha value is -2.12. The van der Waals surface area contributed by atoms with Crippen LogP contribution in [0.1, 0.15) is 12.5 Å². The Kier molecular flexibility index (Phi) is 5.20. The summed E-state index contributed by atoms with van der Waals surface area (Å²) >= 11 is 7.82.